The summed E-state index contributed by atoms with van der Waals surface area (Å²) in [6.45, 7) is 0. The molecule has 0 aliphatic carbocycles. The molecule has 1 aliphatic heterocycles. The van der Waals surface area contributed by atoms with Gasteiger partial charge < -0.3 is 0 Å². The first-order chi connectivity index (χ1) is 11.8. The SMILES string of the molecule is Clc1ccccc1[C@H]1CC(c2ccccc2)=Nc2ccccc2S1. The molecule has 4 rings (SSSR count). The van der Waals surface area contributed by atoms with Crippen LogP contribution in [0, 0.1) is 0 Å². The number of benzene rings is 3. The molecule has 3 aromatic rings. The van der Waals surface area contributed by atoms with E-state index in [4.69, 9.17) is 16.6 Å². The Labute approximate surface area is 151 Å². The number of rotatable bonds is 2. The second-order valence-corrected chi connectivity index (χ2v) is 7.38. The van der Waals surface area contributed by atoms with Crippen molar-refractivity contribution in [2.45, 2.75) is 16.6 Å². The van der Waals surface area contributed by atoms with E-state index < -0.39 is 0 Å². The van der Waals surface area contributed by atoms with Crippen LogP contribution in [-0.4, -0.2) is 5.71 Å². The fourth-order valence-corrected chi connectivity index (χ4v) is 4.54. The number of hydrogen-bond donors (Lipinski definition) is 0. The van der Waals surface area contributed by atoms with Gasteiger partial charge in [0.1, 0.15) is 0 Å². The zero-order chi connectivity index (χ0) is 16.4. The first-order valence-electron chi connectivity index (χ1n) is 7.94. The predicted molar refractivity (Wildman–Crippen MR) is 104 cm³/mol. The molecule has 0 unspecified atom stereocenters. The van der Waals surface area contributed by atoms with E-state index in [1.807, 2.05) is 36.0 Å². The summed E-state index contributed by atoms with van der Waals surface area (Å²) in [7, 11) is 0. The molecule has 0 spiro atoms. The number of fused-ring (bicyclic) bond motifs is 1. The van der Waals surface area contributed by atoms with E-state index in [2.05, 4.69) is 54.6 Å². The van der Waals surface area contributed by atoms with E-state index in [-0.39, 0.29) is 5.25 Å². The van der Waals surface area contributed by atoms with Gasteiger partial charge in [0.05, 0.1) is 5.69 Å². The summed E-state index contributed by atoms with van der Waals surface area (Å²) in [6.07, 6.45) is 0.854. The first kappa shape index (κ1) is 15.5. The Morgan fingerprint density at radius 3 is 2.38 bits per heavy atom. The van der Waals surface area contributed by atoms with Crippen LogP contribution in [-0.2, 0) is 0 Å². The first-order valence-corrected chi connectivity index (χ1v) is 9.20. The molecule has 1 heterocycles. The largest absolute Gasteiger partial charge is 0.252 e. The fourth-order valence-electron chi connectivity index (χ4n) is 2.93. The van der Waals surface area contributed by atoms with Gasteiger partial charge in [0.2, 0.25) is 0 Å². The van der Waals surface area contributed by atoms with Crippen LogP contribution in [0.5, 0.6) is 0 Å². The Morgan fingerprint density at radius 1 is 0.833 bits per heavy atom. The van der Waals surface area contributed by atoms with Crippen LogP contribution in [0.3, 0.4) is 0 Å². The van der Waals surface area contributed by atoms with Crippen molar-refractivity contribution in [3.63, 3.8) is 0 Å². The smallest absolute Gasteiger partial charge is 0.0769 e. The molecular weight excluding hydrogens is 334 g/mol. The highest BCUT2D eigenvalue weighted by atomic mass is 35.5. The summed E-state index contributed by atoms with van der Waals surface area (Å²) in [5.41, 5.74) is 4.49. The van der Waals surface area contributed by atoms with Crippen LogP contribution < -0.4 is 0 Å². The lowest BCUT2D eigenvalue weighted by Crippen LogP contribution is -2.05. The molecule has 1 aliphatic rings. The Kier molecular flexibility index (Phi) is 4.42. The summed E-state index contributed by atoms with van der Waals surface area (Å²) >= 11 is 8.32. The van der Waals surface area contributed by atoms with Crippen LogP contribution >= 0.6 is 23.4 Å². The van der Waals surface area contributed by atoms with Crippen molar-refractivity contribution in [2.24, 2.45) is 4.99 Å². The third kappa shape index (κ3) is 3.12. The minimum absolute atomic E-state index is 0.251. The highest BCUT2D eigenvalue weighted by Gasteiger charge is 2.23. The molecule has 0 fully saturated rings. The van der Waals surface area contributed by atoms with Gasteiger partial charge in [0.15, 0.2) is 0 Å². The van der Waals surface area contributed by atoms with Gasteiger partial charge in [-0.3, -0.25) is 4.99 Å². The minimum Gasteiger partial charge on any atom is -0.252 e. The summed E-state index contributed by atoms with van der Waals surface area (Å²) in [6, 6.07) is 26.9. The summed E-state index contributed by atoms with van der Waals surface area (Å²) in [4.78, 5) is 6.17. The number of hydrogen-bond acceptors (Lipinski definition) is 2. The zero-order valence-corrected chi connectivity index (χ0v) is 14.6. The molecule has 3 heteroatoms. The number of halogens is 1. The van der Waals surface area contributed by atoms with E-state index in [0.717, 1.165) is 22.8 Å². The lowest BCUT2D eigenvalue weighted by Gasteiger charge is -2.17. The van der Waals surface area contributed by atoms with Crippen molar-refractivity contribution in [2.75, 3.05) is 0 Å². The van der Waals surface area contributed by atoms with Crippen molar-refractivity contribution in [3.8, 4) is 0 Å². The Morgan fingerprint density at radius 2 is 1.54 bits per heavy atom. The summed E-state index contributed by atoms with van der Waals surface area (Å²) in [5.74, 6) is 0. The summed E-state index contributed by atoms with van der Waals surface area (Å²) in [5, 5.41) is 1.07. The number of aliphatic imine (C=N–C) groups is 1. The summed E-state index contributed by atoms with van der Waals surface area (Å²) < 4.78 is 0. The maximum Gasteiger partial charge on any atom is 0.0769 e. The number of para-hydroxylation sites is 1. The Hall–Kier alpha value is -2.03. The van der Waals surface area contributed by atoms with E-state index >= 15 is 0 Å². The highest BCUT2D eigenvalue weighted by molar-refractivity contribution is 7.99. The molecule has 0 N–H and O–H groups in total. The van der Waals surface area contributed by atoms with Gasteiger partial charge >= 0.3 is 0 Å². The van der Waals surface area contributed by atoms with Crippen molar-refractivity contribution >= 4 is 34.8 Å². The van der Waals surface area contributed by atoms with Crippen molar-refractivity contribution in [1.29, 1.82) is 0 Å². The topological polar surface area (TPSA) is 12.4 Å². The second-order valence-electron chi connectivity index (χ2n) is 5.72. The van der Waals surface area contributed by atoms with E-state index in [1.54, 1.807) is 0 Å². The van der Waals surface area contributed by atoms with Gasteiger partial charge in [-0.15, -0.1) is 11.8 Å². The van der Waals surface area contributed by atoms with Crippen molar-refractivity contribution in [3.05, 3.63) is 95.0 Å². The standard InChI is InChI=1S/C21H16ClNS/c22-17-11-5-4-10-16(17)21-14-19(15-8-2-1-3-9-15)23-18-12-6-7-13-20(18)24-21/h1-13,21H,14H2/t21-/m1/s1. The van der Waals surface area contributed by atoms with Crippen LogP contribution in [0.1, 0.15) is 22.8 Å². The zero-order valence-electron chi connectivity index (χ0n) is 13.0. The molecule has 1 nitrogen and oxygen atoms in total. The third-order valence-corrected chi connectivity index (χ3v) is 5.78. The highest BCUT2D eigenvalue weighted by Crippen LogP contribution is 2.46. The van der Waals surface area contributed by atoms with Crippen molar-refractivity contribution < 1.29 is 0 Å². The maximum absolute atomic E-state index is 6.48. The lowest BCUT2D eigenvalue weighted by atomic mass is 10.0. The maximum atomic E-state index is 6.48. The normalized spacial score (nSPS) is 16.9. The average molecular weight is 350 g/mol. The van der Waals surface area contributed by atoms with E-state index in [0.29, 0.717) is 0 Å². The molecule has 0 bridgehead atoms. The van der Waals surface area contributed by atoms with Gasteiger partial charge in [0.25, 0.3) is 0 Å². The van der Waals surface area contributed by atoms with Gasteiger partial charge in [0, 0.05) is 27.3 Å². The predicted octanol–water partition coefficient (Wildman–Crippen LogP) is 6.70. The monoisotopic (exact) mass is 349 g/mol. The van der Waals surface area contributed by atoms with E-state index in [1.165, 1.54) is 16.0 Å². The van der Waals surface area contributed by atoms with Gasteiger partial charge in [-0.25, -0.2) is 0 Å². The molecule has 0 aromatic heterocycles. The molecule has 118 valence electrons. The second kappa shape index (κ2) is 6.84. The van der Waals surface area contributed by atoms with E-state index in [9.17, 15) is 0 Å². The molecule has 0 amide bonds. The third-order valence-electron chi connectivity index (χ3n) is 4.13. The molecule has 1 atom stereocenters. The van der Waals surface area contributed by atoms with Crippen LogP contribution in [0.25, 0.3) is 0 Å². The number of thioether (sulfide) groups is 1. The Bertz CT molecular complexity index is 889. The molecule has 0 saturated heterocycles. The van der Waals surface area contributed by atoms with Crippen LogP contribution in [0.15, 0.2) is 88.8 Å². The lowest BCUT2D eigenvalue weighted by molar-refractivity contribution is 1.01. The van der Waals surface area contributed by atoms with Gasteiger partial charge in [-0.2, -0.15) is 0 Å². The quantitative estimate of drug-likeness (QED) is 0.501. The van der Waals surface area contributed by atoms with Crippen molar-refractivity contribution in [1.82, 2.24) is 0 Å². The Balaban J connectivity index is 1.83. The van der Waals surface area contributed by atoms with Gasteiger partial charge in [-0.1, -0.05) is 72.3 Å². The van der Waals surface area contributed by atoms with Crippen LogP contribution in [0.4, 0.5) is 5.69 Å². The number of nitrogens with zero attached hydrogens (tertiary/aromatic N) is 1. The van der Waals surface area contributed by atoms with Crippen LogP contribution in [0.2, 0.25) is 5.02 Å². The minimum atomic E-state index is 0.251. The molecule has 0 radical (unpaired) electrons. The molecule has 0 saturated carbocycles. The molecule has 24 heavy (non-hydrogen) atoms. The average Bonchev–Trinajstić information content (AvgIpc) is 2.82. The molecular formula is C21H16ClNS. The van der Waals surface area contributed by atoms with Gasteiger partial charge in [-0.05, 0) is 29.3 Å². The molecule has 3 aromatic carbocycles. The fraction of sp³-hybridized carbons (Fsp3) is 0.0952.